The fourth-order valence-electron chi connectivity index (χ4n) is 0.161. The fraction of sp³-hybridized carbons (Fsp3) is 1.00. The maximum atomic E-state index is 11.6. The maximum Gasteiger partial charge on any atom is 0.402 e. The van der Waals surface area contributed by atoms with Crippen molar-refractivity contribution in [3.63, 3.8) is 0 Å². The van der Waals surface area contributed by atoms with Crippen LogP contribution in [0.4, 0.5) is 26.3 Å². The molecular weight excluding hydrogens is 234 g/mol. The van der Waals surface area contributed by atoms with Crippen molar-refractivity contribution in [1.29, 1.82) is 0 Å². The van der Waals surface area contributed by atoms with Crippen molar-refractivity contribution >= 4 is 0 Å². The molecule has 0 aromatic rings. The molecule has 0 bridgehead atoms. The molecule has 0 amide bonds. The summed E-state index contributed by atoms with van der Waals surface area (Å²) in [5.74, 6) is 0. The second-order valence-electron chi connectivity index (χ2n) is 5.62. The molecule has 0 fully saturated rings. The standard InChI is InChI=1S/C5H6F6.C5H12/c1-3(2,4(6,7)8)5(9,10)11;1-5(2,3)4/h1-2H3;1-4H3. The molecule has 6 heteroatoms. The zero-order chi connectivity index (χ0) is 14.0. The second kappa shape index (κ2) is 4.84. The Bertz CT molecular complexity index is 181. The van der Waals surface area contributed by atoms with Crippen LogP contribution in [0.5, 0.6) is 0 Å². The van der Waals surface area contributed by atoms with Crippen LogP contribution in [0.3, 0.4) is 0 Å². The lowest BCUT2D eigenvalue weighted by atomic mass is 9.92. The summed E-state index contributed by atoms with van der Waals surface area (Å²) < 4.78 is 69.7. The van der Waals surface area contributed by atoms with Gasteiger partial charge in [0.2, 0.25) is 0 Å². The second-order valence-corrected chi connectivity index (χ2v) is 5.62. The Hall–Kier alpha value is -0.420. The average molecular weight is 252 g/mol. The Morgan fingerprint density at radius 2 is 0.625 bits per heavy atom. The molecule has 0 aliphatic rings. The van der Waals surface area contributed by atoms with E-state index in [9.17, 15) is 26.3 Å². The van der Waals surface area contributed by atoms with E-state index in [-0.39, 0.29) is 13.8 Å². The van der Waals surface area contributed by atoms with Crippen LogP contribution in [0.2, 0.25) is 0 Å². The van der Waals surface area contributed by atoms with E-state index in [0.717, 1.165) is 0 Å². The Morgan fingerprint density at radius 1 is 0.500 bits per heavy atom. The van der Waals surface area contributed by atoms with E-state index in [1.54, 1.807) is 0 Å². The molecule has 0 nitrogen and oxygen atoms in total. The molecule has 0 spiro atoms. The number of hydrogen-bond donors (Lipinski definition) is 0. The topological polar surface area (TPSA) is 0 Å². The lowest BCUT2D eigenvalue weighted by Gasteiger charge is -2.29. The highest BCUT2D eigenvalue weighted by Crippen LogP contribution is 2.49. The highest BCUT2D eigenvalue weighted by molar-refractivity contribution is 4.84. The van der Waals surface area contributed by atoms with Crippen LogP contribution in [0, 0.1) is 10.8 Å². The molecule has 0 aliphatic heterocycles. The molecule has 0 N–H and O–H groups in total. The van der Waals surface area contributed by atoms with Crippen molar-refractivity contribution in [3.8, 4) is 0 Å². The van der Waals surface area contributed by atoms with Gasteiger partial charge in [-0.3, -0.25) is 0 Å². The molecule has 0 unspecified atom stereocenters. The summed E-state index contributed by atoms with van der Waals surface area (Å²) in [6, 6.07) is 0. The Labute approximate surface area is 92.0 Å². The van der Waals surface area contributed by atoms with E-state index in [0.29, 0.717) is 5.41 Å². The van der Waals surface area contributed by atoms with Gasteiger partial charge in [0.25, 0.3) is 0 Å². The summed E-state index contributed by atoms with van der Waals surface area (Å²) in [5, 5.41) is 0. The van der Waals surface area contributed by atoms with Gasteiger partial charge in [0.05, 0.1) is 0 Å². The smallest absolute Gasteiger partial charge is 0.170 e. The minimum atomic E-state index is -5.24. The first-order chi connectivity index (χ1) is 6.50. The van der Waals surface area contributed by atoms with Crippen LogP contribution in [0.1, 0.15) is 41.5 Å². The fourth-order valence-corrected chi connectivity index (χ4v) is 0.161. The van der Waals surface area contributed by atoms with Crippen molar-refractivity contribution in [2.45, 2.75) is 53.9 Å². The van der Waals surface area contributed by atoms with Gasteiger partial charge in [-0.25, -0.2) is 0 Å². The molecule has 0 aromatic carbocycles. The van der Waals surface area contributed by atoms with Gasteiger partial charge in [-0.05, 0) is 19.3 Å². The predicted molar refractivity (Wildman–Crippen MR) is 51.0 cm³/mol. The molecule has 0 saturated heterocycles. The maximum absolute atomic E-state index is 11.6. The number of hydrogen-bond acceptors (Lipinski definition) is 0. The van der Waals surface area contributed by atoms with Crippen LogP contribution in [-0.4, -0.2) is 12.4 Å². The van der Waals surface area contributed by atoms with Gasteiger partial charge in [0, 0.05) is 0 Å². The van der Waals surface area contributed by atoms with Gasteiger partial charge in [-0.1, -0.05) is 27.7 Å². The SMILES string of the molecule is CC(C)(C(F)(F)F)C(F)(F)F.CC(C)(C)C. The minimum Gasteiger partial charge on any atom is -0.170 e. The molecule has 100 valence electrons. The first kappa shape index (κ1) is 18.0. The highest BCUT2D eigenvalue weighted by atomic mass is 19.4. The van der Waals surface area contributed by atoms with Crippen LogP contribution in [-0.2, 0) is 0 Å². The molecule has 0 atom stereocenters. The quantitative estimate of drug-likeness (QED) is 0.520. The lowest BCUT2D eigenvalue weighted by Crippen LogP contribution is -2.44. The normalized spacial score (nSPS) is 14.2. The van der Waals surface area contributed by atoms with Gasteiger partial charge < -0.3 is 0 Å². The van der Waals surface area contributed by atoms with Crippen LogP contribution in [0.15, 0.2) is 0 Å². The Kier molecular flexibility index (Phi) is 5.43. The predicted octanol–water partition coefficient (Wildman–Crippen LogP) is 5.19. The van der Waals surface area contributed by atoms with E-state index >= 15 is 0 Å². The molecule has 0 heterocycles. The van der Waals surface area contributed by atoms with Crippen molar-refractivity contribution in [3.05, 3.63) is 0 Å². The Morgan fingerprint density at radius 3 is 0.625 bits per heavy atom. The van der Waals surface area contributed by atoms with Crippen molar-refractivity contribution in [2.75, 3.05) is 0 Å². The van der Waals surface area contributed by atoms with Crippen molar-refractivity contribution < 1.29 is 26.3 Å². The first-order valence-electron chi connectivity index (χ1n) is 4.63. The van der Waals surface area contributed by atoms with Gasteiger partial charge >= 0.3 is 12.4 Å². The van der Waals surface area contributed by atoms with Gasteiger partial charge in [-0.2, -0.15) is 26.3 Å². The minimum absolute atomic E-state index is 0.104. The molecule has 0 radical (unpaired) electrons. The van der Waals surface area contributed by atoms with Gasteiger partial charge in [0.1, 0.15) is 0 Å². The van der Waals surface area contributed by atoms with Gasteiger partial charge in [-0.15, -0.1) is 0 Å². The number of alkyl halides is 6. The van der Waals surface area contributed by atoms with Gasteiger partial charge in [0.15, 0.2) is 5.41 Å². The van der Waals surface area contributed by atoms with E-state index in [1.165, 1.54) is 0 Å². The summed E-state index contributed by atoms with van der Waals surface area (Å²) in [6.07, 6.45) is -10.5. The first-order valence-corrected chi connectivity index (χ1v) is 4.63. The summed E-state index contributed by atoms with van der Waals surface area (Å²) in [4.78, 5) is 0. The summed E-state index contributed by atoms with van der Waals surface area (Å²) in [7, 11) is 0. The lowest BCUT2D eigenvalue weighted by molar-refractivity contribution is -0.327. The zero-order valence-corrected chi connectivity index (χ0v) is 10.3. The summed E-state index contributed by atoms with van der Waals surface area (Å²) >= 11 is 0. The molecule has 0 rings (SSSR count). The largest absolute Gasteiger partial charge is 0.402 e. The Balaban J connectivity index is 0. The zero-order valence-electron chi connectivity index (χ0n) is 10.3. The third kappa shape index (κ3) is 6.95. The number of rotatable bonds is 0. The molecular formula is C10H18F6. The van der Waals surface area contributed by atoms with E-state index in [1.807, 2.05) is 0 Å². The average Bonchev–Trinajstić information content (AvgIpc) is 1.76. The molecule has 0 aromatic heterocycles. The summed E-state index contributed by atoms with van der Waals surface area (Å²) in [5.41, 5.74) is -3.12. The molecule has 16 heavy (non-hydrogen) atoms. The van der Waals surface area contributed by atoms with Crippen LogP contribution >= 0.6 is 0 Å². The van der Waals surface area contributed by atoms with Crippen molar-refractivity contribution in [1.82, 2.24) is 0 Å². The molecule has 0 aliphatic carbocycles. The molecule has 0 saturated carbocycles. The summed E-state index contributed by atoms with van der Waals surface area (Å²) in [6.45, 7) is 8.96. The van der Waals surface area contributed by atoms with Crippen LogP contribution < -0.4 is 0 Å². The number of halogens is 6. The monoisotopic (exact) mass is 252 g/mol. The third-order valence-corrected chi connectivity index (χ3v) is 1.42. The van der Waals surface area contributed by atoms with E-state index in [2.05, 4.69) is 27.7 Å². The highest BCUT2D eigenvalue weighted by Gasteiger charge is 2.64. The van der Waals surface area contributed by atoms with Crippen LogP contribution in [0.25, 0.3) is 0 Å². The van der Waals surface area contributed by atoms with Crippen molar-refractivity contribution in [2.24, 2.45) is 10.8 Å². The van der Waals surface area contributed by atoms with E-state index in [4.69, 9.17) is 0 Å². The third-order valence-electron chi connectivity index (χ3n) is 1.42. The van der Waals surface area contributed by atoms with E-state index < -0.39 is 17.8 Å².